The van der Waals surface area contributed by atoms with Gasteiger partial charge < -0.3 is 20.0 Å². The van der Waals surface area contributed by atoms with Gasteiger partial charge in [-0.1, -0.05) is 18.2 Å². The van der Waals surface area contributed by atoms with E-state index in [2.05, 4.69) is 26.2 Å². The van der Waals surface area contributed by atoms with Crippen LogP contribution in [0.5, 0.6) is 0 Å². The summed E-state index contributed by atoms with van der Waals surface area (Å²) in [6.45, 7) is 5.95. The molecule has 0 bridgehead atoms. The fourth-order valence-corrected chi connectivity index (χ4v) is 4.04. The van der Waals surface area contributed by atoms with Crippen LogP contribution in [0.15, 0.2) is 48.7 Å². The molecule has 1 aromatic heterocycles. The smallest absolute Gasteiger partial charge is 0.320 e. The maximum Gasteiger partial charge on any atom is 0.322 e. The molecule has 0 saturated carbocycles. The molecule has 1 aliphatic heterocycles. The highest BCUT2D eigenvalue weighted by Gasteiger charge is 2.28. The lowest BCUT2D eigenvalue weighted by Crippen LogP contribution is -2.50. The Kier molecular flexibility index (Phi) is 8.76. The normalized spacial score (nSPS) is 15.0. The number of rotatable bonds is 9. The van der Waals surface area contributed by atoms with E-state index >= 15 is 0 Å². The molecule has 0 aliphatic carbocycles. The zero-order valence-corrected chi connectivity index (χ0v) is 19.5. The van der Waals surface area contributed by atoms with Crippen LogP contribution in [0.1, 0.15) is 35.8 Å². The van der Waals surface area contributed by atoms with Crippen LogP contribution in [0.4, 0.5) is 10.5 Å². The Hall–Kier alpha value is -2.77. The fraction of sp³-hybridized carbons (Fsp3) is 0.480. The van der Waals surface area contributed by atoms with E-state index in [1.54, 1.807) is 18.2 Å². The van der Waals surface area contributed by atoms with Gasteiger partial charge >= 0.3 is 6.03 Å². The lowest BCUT2D eigenvalue weighted by molar-refractivity contribution is 0.101. The Balaban J connectivity index is 1.58. The molecule has 0 spiro atoms. The molecule has 172 valence electrons. The standard InChI is InChI=1S/C25H35N5O2/c1-20(31)21-7-6-9-23(19-21)27-25(32)30(18-17-28(2)3)24-11-15-29(16-12-24)14-10-22-8-4-5-13-26-22/h4-9,13,19,24H,10-12,14-18H2,1-3H3,(H,27,32). The van der Waals surface area contributed by atoms with E-state index in [0.29, 0.717) is 17.8 Å². The summed E-state index contributed by atoms with van der Waals surface area (Å²) in [7, 11) is 4.04. The second-order valence-corrected chi connectivity index (χ2v) is 8.71. The number of hydrogen-bond acceptors (Lipinski definition) is 5. The summed E-state index contributed by atoms with van der Waals surface area (Å²) >= 11 is 0. The molecule has 2 amide bonds. The maximum atomic E-state index is 13.2. The molecule has 3 rings (SSSR count). The largest absolute Gasteiger partial charge is 0.322 e. The van der Waals surface area contributed by atoms with Gasteiger partial charge in [-0.25, -0.2) is 4.79 Å². The van der Waals surface area contributed by atoms with Gasteiger partial charge in [-0.3, -0.25) is 9.78 Å². The monoisotopic (exact) mass is 437 g/mol. The molecule has 0 radical (unpaired) electrons. The van der Waals surface area contributed by atoms with E-state index in [0.717, 1.165) is 51.1 Å². The van der Waals surface area contributed by atoms with Crippen molar-refractivity contribution in [2.45, 2.75) is 32.2 Å². The van der Waals surface area contributed by atoms with Crippen LogP contribution >= 0.6 is 0 Å². The molecule has 0 atom stereocenters. The van der Waals surface area contributed by atoms with Crippen molar-refractivity contribution in [3.63, 3.8) is 0 Å². The topological polar surface area (TPSA) is 68.8 Å². The third-order valence-electron chi connectivity index (χ3n) is 5.98. The third kappa shape index (κ3) is 7.14. The lowest BCUT2D eigenvalue weighted by atomic mass is 10.0. The molecule has 7 nitrogen and oxygen atoms in total. The molecule has 32 heavy (non-hydrogen) atoms. The van der Waals surface area contributed by atoms with Crippen LogP contribution < -0.4 is 5.32 Å². The summed E-state index contributed by atoms with van der Waals surface area (Å²) in [6, 6.07) is 13.3. The maximum absolute atomic E-state index is 13.2. The van der Waals surface area contributed by atoms with Gasteiger partial charge in [-0.15, -0.1) is 0 Å². The molecule has 1 saturated heterocycles. The van der Waals surface area contributed by atoms with Crippen molar-refractivity contribution < 1.29 is 9.59 Å². The number of hydrogen-bond donors (Lipinski definition) is 1. The number of likely N-dealkylation sites (N-methyl/N-ethyl adjacent to an activating group) is 1. The molecule has 7 heteroatoms. The van der Waals surface area contributed by atoms with Crippen LogP contribution in [0.25, 0.3) is 0 Å². The molecule has 0 unspecified atom stereocenters. The number of urea groups is 1. The Morgan fingerprint density at radius 2 is 1.88 bits per heavy atom. The van der Waals surface area contributed by atoms with Gasteiger partial charge in [0.05, 0.1) is 0 Å². The van der Waals surface area contributed by atoms with Gasteiger partial charge in [-0.05, 0) is 58.1 Å². The van der Waals surface area contributed by atoms with Gasteiger partial charge in [0.2, 0.25) is 0 Å². The summed E-state index contributed by atoms with van der Waals surface area (Å²) < 4.78 is 0. The number of Topliss-reactive ketones (excluding diaryl/α,β-unsaturated/α-hetero) is 1. The highest BCUT2D eigenvalue weighted by molar-refractivity contribution is 5.96. The number of anilines is 1. The minimum Gasteiger partial charge on any atom is -0.320 e. The van der Waals surface area contributed by atoms with Crippen molar-refractivity contribution in [3.8, 4) is 0 Å². The number of pyridine rings is 1. The first-order valence-corrected chi connectivity index (χ1v) is 11.4. The van der Waals surface area contributed by atoms with E-state index in [4.69, 9.17) is 0 Å². The van der Waals surface area contributed by atoms with E-state index in [9.17, 15) is 9.59 Å². The molecular weight excluding hydrogens is 402 g/mol. The van der Waals surface area contributed by atoms with Crippen molar-refractivity contribution in [1.29, 1.82) is 0 Å². The number of nitrogens with zero attached hydrogens (tertiary/aromatic N) is 4. The molecular formula is C25H35N5O2. The molecule has 2 aromatic rings. The number of nitrogens with one attached hydrogen (secondary N) is 1. The average Bonchev–Trinajstić information content (AvgIpc) is 2.79. The van der Waals surface area contributed by atoms with Crippen LogP contribution in [-0.2, 0) is 6.42 Å². The molecule has 1 N–H and O–H groups in total. The zero-order chi connectivity index (χ0) is 22.9. The average molecular weight is 438 g/mol. The number of aromatic nitrogens is 1. The zero-order valence-electron chi connectivity index (χ0n) is 19.5. The summed E-state index contributed by atoms with van der Waals surface area (Å²) in [5.74, 6) is -0.0105. The molecule has 2 heterocycles. The van der Waals surface area contributed by atoms with Crippen molar-refractivity contribution in [1.82, 2.24) is 19.7 Å². The Labute approximate surface area is 191 Å². The van der Waals surface area contributed by atoms with Gasteiger partial charge in [0, 0.05) is 68.3 Å². The number of carbonyl (C=O) groups excluding carboxylic acids is 2. The predicted octanol–water partition coefficient (Wildman–Crippen LogP) is 3.39. The van der Waals surface area contributed by atoms with Crippen molar-refractivity contribution >= 4 is 17.5 Å². The molecule has 1 aliphatic rings. The number of piperidine rings is 1. The second-order valence-electron chi connectivity index (χ2n) is 8.71. The van der Waals surface area contributed by atoms with Crippen LogP contribution in [-0.4, -0.2) is 84.4 Å². The Morgan fingerprint density at radius 3 is 2.53 bits per heavy atom. The first-order chi connectivity index (χ1) is 15.4. The predicted molar refractivity (Wildman–Crippen MR) is 128 cm³/mol. The van der Waals surface area contributed by atoms with E-state index < -0.39 is 0 Å². The minimum atomic E-state index is -0.0977. The van der Waals surface area contributed by atoms with Gasteiger partial charge in [-0.2, -0.15) is 0 Å². The number of amides is 2. The van der Waals surface area contributed by atoms with Gasteiger partial charge in [0.15, 0.2) is 5.78 Å². The van der Waals surface area contributed by atoms with Crippen LogP contribution in [0.2, 0.25) is 0 Å². The summed E-state index contributed by atoms with van der Waals surface area (Å²) in [6.07, 6.45) is 4.70. The first-order valence-electron chi connectivity index (χ1n) is 11.4. The number of carbonyl (C=O) groups is 2. The number of ketones is 1. The SMILES string of the molecule is CC(=O)c1cccc(NC(=O)N(CCN(C)C)C2CCN(CCc3ccccn3)CC2)c1. The number of benzene rings is 1. The Bertz CT molecular complexity index is 879. The molecule has 1 aromatic carbocycles. The quantitative estimate of drug-likeness (QED) is 0.609. The fourth-order valence-electron chi connectivity index (χ4n) is 4.04. The van der Waals surface area contributed by atoms with Crippen LogP contribution in [0.3, 0.4) is 0 Å². The Morgan fingerprint density at radius 1 is 1.09 bits per heavy atom. The summed E-state index contributed by atoms with van der Waals surface area (Å²) in [5, 5.41) is 3.01. The first kappa shape index (κ1) is 23.9. The third-order valence-corrected chi connectivity index (χ3v) is 5.98. The van der Waals surface area contributed by atoms with E-state index in [-0.39, 0.29) is 17.9 Å². The van der Waals surface area contributed by atoms with E-state index in [1.807, 2.05) is 43.4 Å². The highest BCUT2D eigenvalue weighted by atomic mass is 16.2. The van der Waals surface area contributed by atoms with Gasteiger partial charge in [0.1, 0.15) is 0 Å². The van der Waals surface area contributed by atoms with Gasteiger partial charge in [0.25, 0.3) is 0 Å². The van der Waals surface area contributed by atoms with Crippen molar-refractivity contribution in [3.05, 3.63) is 59.9 Å². The molecule has 1 fully saturated rings. The summed E-state index contributed by atoms with van der Waals surface area (Å²) in [4.78, 5) is 35.8. The number of likely N-dealkylation sites (tertiary alicyclic amines) is 1. The van der Waals surface area contributed by atoms with E-state index in [1.165, 1.54) is 6.92 Å². The van der Waals surface area contributed by atoms with Crippen LogP contribution in [0, 0.1) is 0 Å². The van der Waals surface area contributed by atoms with Crippen molar-refractivity contribution in [2.75, 3.05) is 52.1 Å². The minimum absolute atomic E-state index is 0.0105. The second kappa shape index (κ2) is 11.7. The van der Waals surface area contributed by atoms with Crippen molar-refractivity contribution in [2.24, 2.45) is 0 Å². The summed E-state index contributed by atoms with van der Waals surface area (Å²) in [5.41, 5.74) is 2.38. The highest BCUT2D eigenvalue weighted by Crippen LogP contribution is 2.19. The lowest BCUT2D eigenvalue weighted by Gasteiger charge is -2.39.